The predicted molar refractivity (Wildman–Crippen MR) is 88.0 cm³/mol. The molecule has 21 heavy (non-hydrogen) atoms. The Morgan fingerprint density at radius 3 is 2.19 bits per heavy atom. The molecule has 2 aromatic rings. The number of hydrazine groups is 1. The summed E-state index contributed by atoms with van der Waals surface area (Å²) in [5, 5.41) is 3.33. The first-order chi connectivity index (χ1) is 10.0. The molecule has 1 aromatic carbocycles. The summed E-state index contributed by atoms with van der Waals surface area (Å²) < 4.78 is 0. The van der Waals surface area contributed by atoms with Crippen molar-refractivity contribution in [2.75, 3.05) is 29.7 Å². The van der Waals surface area contributed by atoms with E-state index in [-0.39, 0.29) is 5.92 Å². The van der Waals surface area contributed by atoms with Crippen LogP contribution in [0.1, 0.15) is 25.3 Å². The molecule has 112 valence electrons. The van der Waals surface area contributed by atoms with Crippen LogP contribution in [0.4, 0.5) is 23.0 Å². The van der Waals surface area contributed by atoms with Gasteiger partial charge in [0.25, 0.3) is 0 Å². The highest BCUT2D eigenvalue weighted by Crippen LogP contribution is 2.30. The van der Waals surface area contributed by atoms with Gasteiger partial charge in [0.05, 0.1) is 0 Å². The summed E-state index contributed by atoms with van der Waals surface area (Å²) in [7, 11) is 4.03. The van der Waals surface area contributed by atoms with E-state index in [9.17, 15) is 0 Å². The molecule has 0 aliphatic heterocycles. The molecule has 0 bridgehead atoms. The molecule has 6 nitrogen and oxygen atoms in total. The van der Waals surface area contributed by atoms with E-state index in [1.165, 1.54) is 6.33 Å². The summed E-state index contributed by atoms with van der Waals surface area (Å²) in [6.07, 6.45) is 1.50. The van der Waals surface area contributed by atoms with Crippen molar-refractivity contribution in [3.63, 3.8) is 0 Å². The van der Waals surface area contributed by atoms with E-state index >= 15 is 0 Å². The molecule has 0 aliphatic rings. The van der Waals surface area contributed by atoms with Crippen molar-refractivity contribution in [1.82, 2.24) is 9.97 Å². The lowest BCUT2D eigenvalue weighted by Gasteiger charge is -2.17. The number of hydrogen-bond donors (Lipinski definition) is 3. The number of aromatic nitrogens is 2. The van der Waals surface area contributed by atoms with Crippen molar-refractivity contribution < 1.29 is 0 Å². The number of nitrogens with two attached hydrogens (primary N) is 1. The third-order valence-electron chi connectivity index (χ3n) is 3.24. The maximum Gasteiger partial charge on any atom is 0.148 e. The largest absolute Gasteiger partial charge is 0.378 e. The minimum atomic E-state index is 0.251. The van der Waals surface area contributed by atoms with Crippen molar-refractivity contribution >= 4 is 23.0 Å². The second-order valence-electron chi connectivity index (χ2n) is 5.35. The molecule has 0 atom stereocenters. The van der Waals surface area contributed by atoms with Crippen LogP contribution in [-0.4, -0.2) is 24.1 Å². The third-order valence-corrected chi connectivity index (χ3v) is 3.24. The molecule has 0 saturated heterocycles. The molecule has 2 rings (SSSR count). The molecule has 0 spiro atoms. The van der Waals surface area contributed by atoms with Gasteiger partial charge in [-0.1, -0.05) is 13.8 Å². The molecule has 0 radical (unpaired) electrons. The Bertz CT molecular complexity index is 592. The highest BCUT2D eigenvalue weighted by atomic mass is 15.3. The zero-order valence-electron chi connectivity index (χ0n) is 12.9. The van der Waals surface area contributed by atoms with Gasteiger partial charge in [0.2, 0.25) is 0 Å². The summed E-state index contributed by atoms with van der Waals surface area (Å²) in [5.41, 5.74) is 5.72. The van der Waals surface area contributed by atoms with Crippen LogP contribution in [0, 0.1) is 0 Å². The Balaban J connectivity index is 2.30. The maximum atomic E-state index is 5.53. The van der Waals surface area contributed by atoms with Crippen LogP contribution < -0.4 is 21.5 Å². The summed E-state index contributed by atoms with van der Waals surface area (Å²) >= 11 is 0. The molecular formula is C15H22N6. The van der Waals surface area contributed by atoms with Crippen molar-refractivity contribution in [3.05, 3.63) is 36.2 Å². The Labute approximate surface area is 125 Å². The van der Waals surface area contributed by atoms with Crippen LogP contribution in [-0.2, 0) is 0 Å². The fraction of sp³-hybridized carbons (Fsp3) is 0.333. The fourth-order valence-corrected chi connectivity index (χ4v) is 2.14. The molecule has 6 heteroatoms. The van der Waals surface area contributed by atoms with Crippen LogP contribution >= 0.6 is 0 Å². The second kappa shape index (κ2) is 6.41. The average molecular weight is 286 g/mol. The first-order valence-electron chi connectivity index (χ1n) is 6.89. The van der Waals surface area contributed by atoms with Crippen molar-refractivity contribution in [2.45, 2.75) is 19.8 Å². The molecular weight excluding hydrogens is 264 g/mol. The van der Waals surface area contributed by atoms with E-state index in [1.807, 2.05) is 26.2 Å². The van der Waals surface area contributed by atoms with Gasteiger partial charge in [-0.15, -0.1) is 0 Å². The van der Waals surface area contributed by atoms with E-state index in [2.05, 4.69) is 51.6 Å². The fourth-order valence-electron chi connectivity index (χ4n) is 2.14. The molecule has 4 N–H and O–H groups in total. The minimum Gasteiger partial charge on any atom is -0.378 e. The Morgan fingerprint density at radius 2 is 1.67 bits per heavy atom. The first-order valence-corrected chi connectivity index (χ1v) is 6.89. The van der Waals surface area contributed by atoms with Gasteiger partial charge in [0.15, 0.2) is 0 Å². The summed E-state index contributed by atoms with van der Waals surface area (Å²) in [6.45, 7) is 4.17. The monoisotopic (exact) mass is 286 g/mol. The summed E-state index contributed by atoms with van der Waals surface area (Å²) in [6, 6.07) is 8.16. The van der Waals surface area contributed by atoms with Gasteiger partial charge in [-0.2, -0.15) is 0 Å². The molecule has 0 saturated carbocycles. The topological polar surface area (TPSA) is 79.1 Å². The smallest absolute Gasteiger partial charge is 0.148 e. The average Bonchev–Trinajstić information content (AvgIpc) is 2.47. The van der Waals surface area contributed by atoms with Gasteiger partial charge >= 0.3 is 0 Å². The number of anilines is 4. The second-order valence-corrected chi connectivity index (χ2v) is 5.35. The number of hydrogen-bond acceptors (Lipinski definition) is 6. The number of nitrogen functional groups attached to an aromatic ring is 1. The lowest BCUT2D eigenvalue weighted by molar-refractivity contribution is 0.850. The number of nitrogens with one attached hydrogen (secondary N) is 2. The summed E-state index contributed by atoms with van der Waals surface area (Å²) in [4.78, 5) is 10.6. The van der Waals surface area contributed by atoms with Crippen LogP contribution in [0.5, 0.6) is 0 Å². The van der Waals surface area contributed by atoms with Gasteiger partial charge in [0, 0.05) is 31.0 Å². The Kier molecular flexibility index (Phi) is 4.59. The normalized spacial score (nSPS) is 10.6. The number of benzene rings is 1. The molecule has 1 heterocycles. The van der Waals surface area contributed by atoms with Crippen molar-refractivity contribution in [2.24, 2.45) is 5.84 Å². The number of rotatable bonds is 5. The maximum absolute atomic E-state index is 5.53. The standard InChI is InChI=1S/C15H22N6/c1-10(2)13-14(17-9-18-15(13)20-16)19-11-5-7-12(8-6-11)21(3)4/h5-10H,16H2,1-4H3,(H2,17,18,19,20). The first kappa shape index (κ1) is 15.1. The van der Waals surface area contributed by atoms with E-state index in [0.717, 1.165) is 22.8 Å². The lowest BCUT2D eigenvalue weighted by Crippen LogP contribution is -2.14. The zero-order valence-corrected chi connectivity index (χ0v) is 12.9. The minimum absolute atomic E-state index is 0.251. The van der Waals surface area contributed by atoms with E-state index < -0.39 is 0 Å². The SMILES string of the molecule is CC(C)c1c(NN)ncnc1Nc1ccc(N(C)C)cc1. The van der Waals surface area contributed by atoms with Crippen LogP contribution in [0.3, 0.4) is 0 Å². The third kappa shape index (κ3) is 3.41. The highest BCUT2D eigenvalue weighted by Gasteiger charge is 2.14. The number of nitrogens with zero attached hydrogens (tertiary/aromatic N) is 3. The zero-order chi connectivity index (χ0) is 15.4. The van der Waals surface area contributed by atoms with Gasteiger partial charge in [-0.3, -0.25) is 0 Å². The Morgan fingerprint density at radius 1 is 1.05 bits per heavy atom. The van der Waals surface area contributed by atoms with Gasteiger partial charge in [-0.25, -0.2) is 15.8 Å². The van der Waals surface area contributed by atoms with E-state index in [0.29, 0.717) is 5.82 Å². The van der Waals surface area contributed by atoms with Crippen LogP contribution in [0.2, 0.25) is 0 Å². The van der Waals surface area contributed by atoms with Gasteiger partial charge < -0.3 is 15.6 Å². The highest BCUT2D eigenvalue weighted by molar-refractivity contribution is 5.67. The van der Waals surface area contributed by atoms with E-state index in [4.69, 9.17) is 5.84 Å². The molecule has 0 amide bonds. The van der Waals surface area contributed by atoms with Gasteiger partial charge in [-0.05, 0) is 30.2 Å². The summed E-state index contributed by atoms with van der Waals surface area (Å²) in [5.74, 6) is 7.20. The molecule has 1 aromatic heterocycles. The van der Waals surface area contributed by atoms with E-state index in [1.54, 1.807) is 0 Å². The van der Waals surface area contributed by atoms with Crippen molar-refractivity contribution in [3.8, 4) is 0 Å². The molecule has 0 aliphatic carbocycles. The molecule has 0 unspecified atom stereocenters. The van der Waals surface area contributed by atoms with Crippen molar-refractivity contribution in [1.29, 1.82) is 0 Å². The predicted octanol–water partition coefficient (Wildman–Crippen LogP) is 2.70. The quantitative estimate of drug-likeness (QED) is 0.579. The van der Waals surface area contributed by atoms with Crippen LogP contribution in [0.25, 0.3) is 0 Å². The van der Waals surface area contributed by atoms with Crippen LogP contribution in [0.15, 0.2) is 30.6 Å². The lowest BCUT2D eigenvalue weighted by atomic mass is 10.0. The Hall–Kier alpha value is -2.34. The molecule has 0 fully saturated rings. The van der Waals surface area contributed by atoms with Gasteiger partial charge in [0.1, 0.15) is 18.0 Å².